The van der Waals surface area contributed by atoms with E-state index in [4.69, 9.17) is 0 Å². The Hall–Kier alpha value is -3.66. The molecule has 0 saturated carbocycles. The summed E-state index contributed by atoms with van der Waals surface area (Å²) in [5, 5.41) is 14.9. The lowest BCUT2D eigenvalue weighted by molar-refractivity contribution is -0.113. The lowest BCUT2D eigenvalue weighted by atomic mass is 10.0. The molecular formula is C24H27N5O4S. The number of carbonyl (C=O) groups excluding carboxylic acids is 3. The molecule has 3 aromatic rings. The van der Waals surface area contributed by atoms with Gasteiger partial charge in [-0.2, -0.15) is 0 Å². The molecule has 9 nitrogen and oxygen atoms in total. The molecule has 2 aromatic carbocycles. The Labute approximate surface area is 202 Å². The number of nitrogens with zero attached hydrogens (tertiary/aromatic N) is 3. The first kappa shape index (κ1) is 25.0. The second kappa shape index (κ2) is 11.5. The molecule has 34 heavy (non-hydrogen) atoms. The minimum absolute atomic E-state index is 0.0738. The number of aromatic nitrogens is 3. The van der Waals surface area contributed by atoms with Crippen LogP contribution in [0.1, 0.15) is 46.4 Å². The molecule has 2 amide bonds. The Balaban J connectivity index is 1.61. The van der Waals surface area contributed by atoms with Crippen LogP contribution in [0.3, 0.4) is 0 Å². The molecule has 2 N–H and O–H groups in total. The molecule has 0 aliphatic carbocycles. The molecule has 0 radical (unpaired) electrons. The van der Waals surface area contributed by atoms with Crippen molar-refractivity contribution in [2.75, 3.05) is 18.2 Å². The van der Waals surface area contributed by atoms with Gasteiger partial charge in [-0.05, 0) is 42.3 Å². The van der Waals surface area contributed by atoms with Crippen LogP contribution >= 0.6 is 11.8 Å². The van der Waals surface area contributed by atoms with Gasteiger partial charge in [0.15, 0.2) is 11.0 Å². The first-order valence-corrected chi connectivity index (χ1v) is 11.6. The minimum Gasteiger partial charge on any atom is -0.465 e. The van der Waals surface area contributed by atoms with Gasteiger partial charge in [-0.25, -0.2) is 4.79 Å². The number of hydrogen-bond acceptors (Lipinski definition) is 7. The van der Waals surface area contributed by atoms with E-state index in [-0.39, 0.29) is 29.5 Å². The number of ether oxygens (including phenoxy) is 1. The summed E-state index contributed by atoms with van der Waals surface area (Å²) >= 11 is 1.24. The van der Waals surface area contributed by atoms with Crippen molar-refractivity contribution in [3.8, 4) is 0 Å². The van der Waals surface area contributed by atoms with Gasteiger partial charge in [0.1, 0.15) is 0 Å². The number of carbonyl (C=O) groups is 3. The summed E-state index contributed by atoms with van der Waals surface area (Å²) in [7, 11) is 3.12. The van der Waals surface area contributed by atoms with Gasteiger partial charge in [0.25, 0.3) is 5.91 Å². The maximum absolute atomic E-state index is 12.7. The van der Waals surface area contributed by atoms with Gasteiger partial charge < -0.3 is 19.9 Å². The number of esters is 1. The third-order valence-electron chi connectivity index (χ3n) is 5.06. The van der Waals surface area contributed by atoms with Crippen molar-refractivity contribution in [2.24, 2.45) is 13.0 Å². The van der Waals surface area contributed by atoms with Crippen LogP contribution in [0.5, 0.6) is 0 Å². The van der Waals surface area contributed by atoms with Crippen LogP contribution in [-0.4, -0.2) is 45.4 Å². The molecule has 1 atom stereocenters. The fourth-order valence-corrected chi connectivity index (χ4v) is 3.92. The van der Waals surface area contributed by atoms with Crippen molar-refractivity contribution >= 4 is 35.2 Å². The Morgan fingerprint density at radius 2 is 1.68 bits per heavy atom. The summed E-state index contributed by atoms with van der Waals surface area (Å²) < 4.78 is 6.46. The van der Waals surface area contributed by atoms with E-state index in [0.717, 1.165) is 0 Å². The number of hydrogen-bond donors (Lipinski definition) is 2. The van der Waals surface area contributed by atoms with E-state index in [2.05, 4.69) is 25.6 Å². The highest BCUT2D eigenvalue weighted by molar-refractivity contribution is 7.99. The summed E-state index contributed by atoms with van der Waals surface area (Å²) in [5.74, 6) is -0.0447. The summed E-state index contributed by atoms with van der Waals surface area (Å²) in [6.07, 6.45) is 0. The lowest BCUT2D eigenvalue weighted by Gasteiger charge is -2.21. The molecular weight excluding hydrogens is 454 g/mol. The number of amides is 2. The van der Waals surface area contributed by atoms with Gasteiger partial charge in [-0.3, -0.25) is 9.59 Å². The van der Waals surface area contributed by atoms with Crippen molar-refractivity contribution < 1.29 is 19.1 Å². The number of anilines is 1. The zero-order valence-electron chi connectivity index (χ0n) is 19.4. The van der Waals surface area contributed by atoms with E-state index < -0.39 is 5.97 Å². The van der Waals surface area contributed by atoms with E-state index in [1.165, 1.54) is 18.9 Å². The van der Waals surface area contributed by atoms with E-state index in [0.29, 0.717) is 27.8 Å². The van der Waals surface area contributed by atoms with Crippen LogP contribution in [-0.2, 0) is 16.6 Å². The largest absolute Gasteiger partial charge is 0.465 e. The average molecular weight is 482 g/mol. The third-order valence-corrected chi connectivity index (χ3v) is 6.08. The molecule has 1 heterocycles. The van der Waals surface area contributed by atoms with Crippen molar-refractivity contribution in [1.29, 1.82) is 0 Å². The quantitative estimate of drug-likeness (QED) is 0.355. The Morgan fingerprint density at radius 3 is 2.29 bits per heavy atom. The zero-order chi connectivity index (χ0) is 24.7. The maximum atomic E-state index is 12.7. The van der Waals surface area contributed by atoms with Crippen molar-refractivity contribution in [3.05, 3.63) is 71.5 Å². The van der Waals surface area contributed by atoms with Gasteiger partial charge in [0.05, 0.1) is 24.5 Å². The standard InChI is InChI=1S/C24H27N5O4S/c1-15(2)20(26-22(31)16-8-6-5-7-9-16)21-27-28-24(29(21)3)34-14-19(30)25-18-12-10-17(11-13-18)23(32)33-4/h5-13,15,20H,14H2,1-4H3,(H,25,30)(H,26,31)/t20-/m0/s1. The fourth-order valence-electron chi connectivity index (χ4n) is 3.20. The summed E-state index contributed by atoms with van der Waals surface area (Å²) in [6, 6.07) is 15.1. The highest BCUT2D eigenvalue weighted by atomic mass is 32.2. The van der Waals surface area contributed by atoms with Gasteiger partial charge in [0, 0.05) is 18.3 Å². The molecule has 0 spiro atoms. The third kappa shape index (κ3) is 6.22. The molecule has 0 aliphatic rings. The number of benzene rings is 2. The fraction of sp³-hybridized carbons (Fsp3) is 0.292. The molecule has 0 unspecified atom stereocenters. The first-order chi connectivity index (χ1) is 16.3. The van der Waals surface area contributed by atoms with E-state index in [1.807, 2.05) is 39.1 Å². The van der Waals surface area contributed by atoms with Gasteiger partial charge in [-0.15, -0.1) is 10.2 Å². The topological polar surface area (TPSA) is 115 Å². The number of methoxy groups -OCH3 is 1. The van der Waals surface area contributed by atoms with Crippen LogP contribution < -0.4 is 10.6 Å². The Bertz CT molecular complexity index is 1150. The monoisotopic (exact) mass is 481 g/mol. The Morgan fingerprint density at radius 1 is 1.00 bits per heavy atom. The average Bonchev–Trinajstić information content (AvgIpc) is 3.21. The Kier molecular flexibility index (Phi) is 8.42. The van der Waals surface area contributed by atoms with Gasteiger partial charge in [-0.1, -0.05) is 43.8 Å². The molecule has 10 heteroatoms. The minimum atomic E-state index is -0.439. The number of thioether (sulfide) groups is 1. The number of rotatable bonds is 9. The predicted octanol–water partition coefficient (Wildman–Crippen LogP) is 3.46. The summed E-state index contributed by atoms with van der Waals surface area (Å²) in [5.41, 5.74) is 1.54. The van der Waals surface area contributed by atoms with Crippen LogP contribution in [0.2, 0.25) is 0 Å². The normalized spacial score (nSPS) is 11.7. The predicted molar refractivity (Wildman–Crippen MR) is 130 cm³/mol. The van der Waals surface area contributed by atoms with E-state index >= 15 is 0 Å². The SMILES string of the molecule is COC(=O)c1ccc(NC(=O)CSc2nnc([C@@H](NC(=O)c3ccccc3)C(C)C)n2C)cc1. The molecule has 178 valence electrons. The number of nitrogens with one attached hydrogen (secondary N) is 2. The van der Waals surface area contributed by atoms with Crippen LogP contribution in [0.4, 0.5) is 5.69 Å². The molecule has 1 aromatic heterocycles. The summed E-state index contributed by atoms with van der Waals surface area (Å²) in [6.45, 7) is 3.99. The highest BCUT2D eigenvalue weighted by Crippen LogP contribution is 2.24. The molecule has 0 bridgehead atoms. The molecule has 0 fully saturated rings. The van der Waals surface area contributed by atoms with Crippen molar-refractivity contribution in [3.63, 3.8) is 0 Å². The van der Waals surface area contributed by atoms with Crippen molar-refractivity contribution in [1.82, 2.24) is 20.1 Å². The second-order valence-electron chi connectivity index (χ2n) is 7.87. The smallest absolute Gasteiger partial charge is 0.337 e. The van der Waals surface area contributed by atoms with Gasteiger partial charge >= 0.3 is 5.97 Å². The molecule has 3 rings (SSSR count). The van der Waals surface area contributed by atoms with Crippen LogP contribution in [0.25, 0.3) is 0 Å². The molecule has 0 aliphatic heterocycles. The lowest BCUT2D eigenvalue weighted by Crippen LogP contribution is -2.33. The highest BCUT2D eigenvalue weighted by Gasteiger charge is 2.25. The van der Waals surface area contributed by atoms with Crippen LogP contribution in [0, 0.1) is 5.92 Å². The van der Waals surface area contributed by atoms with E-state index in [9.17, 15) is 14.4 Å². The van der Waals surface area contributed by atoms with Crippen molar-refractivity contribution in [2.45, 2.75) is 25.0 Å². The second-order valence-corrected chi connectivity index (χ2v) is 8.81. The van der Waals surface area contributed by atoms with E-state index in [1.54, 1.807) is 41.0 Å². The summed E-state index contributed by atoms with van der Waals surface area (Å²) in [4.78, 5) is 36.6. The van der Waals surface area contributed by atoms with Crippen LogP contribution in [0.15, 0.2) is 59.8 Å². The molecule has 0 saturated heterocycles. The zero-order valence-corrected chi connectivity index (χ0v) is 20.3. The maximum Gasteiger partial charge on any atom is 0.337 e. The first-order valence-electron chi connectivity index (χ1n) is 10.7. The van der Waals surface area contributed by atoms with Gasteiger partial charge in [0.2, 0.25) is 5.91 Å².